The van der Waals surface area contributed by atoms with Crippen molar-refractivity contribution in [3.8, 4) is 11.5 Å². The van der Waals surface area contributed by atoms with Gasteiger partial charge in [-0.3, -0.25) is 14.5 Å². The first-order valence-corrected chi connectivity index (χ1v) is 10.3. The molecular formula is C25H27NO4. The number of hydrogen-bond donors (Lipinski definition) is 0. The number of ketones is 1. The molecule has 2 aromatic carbocycles. The second kappa shape index (κ2) is 7.98. The fraction of sp³-hybridized carbons (Fsp3) is 0.360. The summed E-state index contributed by atoms with van der Waals surface area (Å²) in [5, 5.41) is 0. The second-order valence-corrected chi connectivity index (χ2v) is 7.95. The lowest BCUT2D eigenvalue weighted by Crippen LogP contribution is -2.41. The number of anilines is 1. The van der Waals surface area contributed by atoms with E-state index in [1.54, 1.807) is 19.1 Å². The van der Waals surface area contributed by atoms with Gasteiger partial charge in [-0.05, 0) is 49.9 Å². The summed E-state index contributed by atoms with van der Waals surface area (Å²) in [4.78, 5) is 28.3. The van der Waals surface area contributed by atoms with E-state index in [9.17, 15) is 9.59 Å². The molecule has 1 aliphatic heterocycles. The Hall–Kier alpha value is -3.08. The van der Waals surface area contributed by atoms with Gasteiger partial charge in [0, 0.05) is 41.7 Å². The number of aryl methyl sites for hydroxylation is 1. The molecule has 5 nitrogen and oxygen atoms in total. The highest BCUT2D eigenvalue weighted by Gasteiger charge is 2.41. The number of carbonyl (C=O) groups is 2. The molecule has 1 unspecified atom stereocenters. The predicted octanol–water partition coefficient (Wildman–Crippen LogP) is 4.85. The van der Waals surface area contributed by atoms with Crippen LogP contribution >= 0.6 is 0 Å². The topological polar surface area (TPSA) is 55.8 Å². The molecule has 1 atom stereocenters. The van der Waals surface area contributed by atoms with Crippen molar-refractivity contribution in [2.45, 2.75) is 45.4 Å². The molecule has 5 heteroatoms. The van der Waals surface area contributed by atoms with Crippen LogP contribution in [0.25, 0.3) is 0 Å². The van der Waals surface area contributed by atoms with Crippen LogP contribution < -0.4 is 14.4 Å². The van der Waals surface area contributed by atoms with E-state index in [4.69, 9.17) is 9.47 Å². The van der Waals surface area contributed by atoms with Gasteiger partial charge in [0.25, 0.3) is 0 Å². The Bertz CT molecular complexity index is 1050. The van der Waals surface area contributed by atoms with E-state index in [1.165, 1.54) is 0 Å². The van der Waals surface area contributed by atoms with E-state index in [0.717, 1.165) is 46.5 Å². The zero-order chi connectivity index (χ0) is 21.4. The van der Waals surface area contributed by atoms with Crippen molar-refractivity contribution in [1.29, 1.82) is 0 Å². The molecule has 156 valence electrons. The molecule has 0 bridgehead atoms. The Morgan fingerprint density at radius 2 is 1.80 bits per heavy atom. The van der Waals surface area contributed by atoms with Crippen molar-refractivity contribution in [1.82, 2.24) is 0 Å². The summed E-state index contributed by atoms with van der Waals surface area (Å²) in [5.41, 5.74) is 5.53. The fourth-order valence-corrected chi connectivity index (χ4v) is 4.62. The first-order valence-electron chi connectivity index (χ1n) is 10.3. The number of carbonyl (C=O) groups excluding carboxylic acids is 2. The van der Waals surface area contributed by atoms with Crippen molar-refractivity contribution in [3.63, 3.8) is 0 Å². The van der Waals surface area contributed by atoms with Crippen LogP contribution in [0.1, 0.15) is 48.3 Å². The minimum Gasteiger partial charge on any atom is -0.497 e. The summed E-state index contributed by atoms with van der Waals surface area (Å²) in [7, 11) is 3.20. The molecule has 0 saturated heterocycles. The van der Waals surface area contributed by atoms with Crippen LogP contribution in [0, 0.1) is 13.8 Å². The lowest BCUT2D eigenvalue weighted by molar-refractivity contribution is -0.119. The largest absolute Gasteiger partial charge is 0.497 e. The zero-order valence-corrected chi connectivity index (χ0v) is 18.0. The van der Waals surface area contributed by atoms with Gasteiger partial charge in [-0.15, -0.1) is 0 Å². The molecule has 1 aliphatic carbocycles. The summed E-state index contributed by atoms with van der Waals surface area (Å²) >= 11 is 0. The highest BCUT2D eigenvalue weighted by atomic mass is 16.5. The standard InChI is InChI=1S/C25H27NO4/c1-15-7-5-8-20(16(15)2)26-21-9-6-10-22(27)25(21)19(14-24(26)28)18-12-11-17(29-3)13-23(18)30-4/h5,7-8,11-13,19H,6,9-10,14H2,1-4H3. The van der Waals surface area contributed by atoms with Gasteiger partial charge in [0.1, 0.15) is 11.5 Å². The van der Waals surface area contributed by atoms with Crippen LogP contribution in [0.15, 0.2) is 47.7 Å². The van der Waals surface area contributed by atoms with Gasteiger partial charge in [-0.25, -0.2) is 0 Å². The Kier molecular flexibility index (Phi) is 5.37. The molecule has 1 amide bonds. The summed E-state index contributed by atoms with van der Waals surface area (Å²) in [6.07, 6.45) is 2.23. The van der Waals surface area contributed by atoms with Crippen LogP contribution in [0.5, 0.6) is 11.5 Å². The molecule has 0 N–H and O–H groups in total. The highest BCUT2D eigenvalue weighted by molar-refractivity contribution is 6.08. The number of benzene rings is 2. The summed E-state index contributed by atoms with van der Waals surface area (Å²) in [6.45, 7) is 4.07. The van der Waals surface area contributed by atoms with Gasteiger partial charge < -0.3 is 9.47 Å². The minimum atomic E-state index is -0.303. The van der Waals surface area contributed by atoms with Crippen LogP contribution in [0.2, 0.25) is 0 Å². The highest BCUT2D eigenvalue weighted by Crippen LogP contribution is 2.46. The third-order valence-electron chi connectivity index (χ3n) is 6.31. The molecule has 30 heavy (non-hydrogen) atoms. The fourth-order valence-electron chi connectivity index (χ4n) is 4.62. The van der Waals surface area contributed by atoms with Crippen molar-refractivity contribution in [2.75, 3.05) is 19.1 Å². The van der Waals surface area contributed by atoms with Gasteiger partial charge in [0.05, 0.1) is 19.9 Å². The molecule has 0 fully saturated rings. The van der Waals surface area contributed by atoms with E-state index in [0.29, 0.717) is 17.9 Å². The Morgan fingerprint density at radius 1 is 1.00 bits per heavy atom. The molecule has 0 radical (unpaired) electrons. The summed E-state index contributed by atoms with van der Waals surface area (Å²) in [5.74, 6) is 1.15. The molecule has 4 rings (SSSR count). The van der Waals surface area contributed by atoms with Gasteiger partial charge >= 0.3 is 0 Å². The lowest BCUT2D eigenvalue weighted by atomic mass is 9.76. The molecule has 1 heterocycles. The first kappa shape index (κ1) is 20.2. The number of allylic oxidation sites excluding steroid dienone is 2. The number of methoxy groups -OCH3 is 2. The maximum absolute atomic E-state index is 13.4. The smallest absolute Gasteiger partial charge is 0.232 e. The number of nitrogens with zero attached hydrogens (tertiary/aromatic N) is 1. The summed E-state index contributed by atoms with van der Waals surface area (Å²) < 4.78 is 10.9. The number of Topliss-reactive ketones (excluding diaryl/α,β-unsaturated/α-hetero) is 1. The molecule has 0 spiro atoms. The lowest BCUT2D eigenvalue weighted by Gasteiger charge is -2.39. The third kappa shape index (κ3) is 3.28. The third-order valence-corrected chi connectivity index (χ3v) is 6.31. The van der Waals surface area contributed by atoms with Crippen molar-refractivity contribution in [3.05, 3.63) is 64.4 Å². The van der Waals surface area contributed by atoms with Gasteiger partial charge in [-0.2, -0.15) is 0 Å². The van der Waals surface area contributed by atoms with Gasteiger partial charge in [0.2, 0.25) is 5.91 Å². The average molecular weight is 405 g/mol. The minimum absolute atomic E-state index is 0.0139. The summed E-state index contributed by atoms with van der Waals surface area (Å²) in [6, 6.07) is 11.6. The number of amides is 1. The Labute approximate surface area is 177 Å². The van der Waals surface area contributed by atoms with Crippen molar-refractivity contribution >= 4 is 17.4 Å². The van der Waals surface area contributed by atoms with Crippen LogP contribution in [-0.2, 0) is 9.59 Å². The maximum atomic E-state index is 13.4. The average Bonchev–Trinajstić information content (AvgIpc) is 2.75. The van der Waals surface area contributed by atoms with E-state index in [1.807, 2.05) is 50.2 Å². The Morgan fingerprint density at radius 3 is 2.53 bits per heavy atom. The van der Waals surface area contributed by atoms with E-state index in [-0.39, 0.29) is 24.0 Å². The quantitative estimate of drug-likeness (QED) is 0.730. The molecule has 0 aromatic heterocycles. The molecule has 2 aromatic rings. The second-order valence-electron chi connectivity index (χ2n) is 7.95. The number of ether oxygens (including phenoxy) is 2. The predicted molar refractivity (Wildman–Crippen MR) is 116 cm³/mol. The normalized spacial score (nSPS) is 19.1. The number of hydrogen-bond acceptors (Lipinski definition) is 4. The van der Waals surface area contributed by atoms with Crippen LogP contribution in [0.3, 0.4) is 0 Å². The first-order chi connectivity index (χ1) is 14.5. The van der Waals surface area contributed by atoms with Crippen LogP contribution in [-0.4, -0.2) is 25.9 Å². The molecule has 0 saturated carbocycles. The van der Waals surface area contributed by atoms with Gasteiger partial charge in [-0.1, -0.05) is 18.2 Å². The number of rotatable bonds is 4. The molecule has 2 aliphatic rings. The van der Waals surface area contributed by atoms with Crippen molar-refractivity contribution < 1.29 is 19.1 Å². The van der Waals surface area contributed by atoms with Gasteiger partial charge in [0.15, 0.2) is 5.78 Å². The maximum Gasteiger partial charge on any atom is 0.232 e. The molecular weight excluding hydrogens is 378 g/mol. The van der Waals surface area contributed by atoms with E-state index < -0.39 is 0 Å². The van der Waals surface area contributed by atoms with E-state index in [2.05, 4.69) is 0 Å². The Balaban J connectivity index is 1.89. The SMILES string of the molecule is COc1ccc(C2CC(=O)N(c3cccc(C)c3C)C3=C2C(=O)CCC3)c(OC)c1. The van der Waals surface area contributed by atoms with Crippen molar-refractivity contribution in [2.24, 2.45) is 0 Å². The van der Waals surface area contributed by atoms with E-state index >= 15 is 0 Å². The monoisotopic (exact) mass is 405 g/mol. The van der Waals surface area contributed by atoms with Crippen LogP contribution in [0.4, 0.5) is 5.69 Å². The zero-order valence-electron chi connectivity index (χ0n) is 18.0.